The summed E-state index contributed by atoms with van der Waals surface area (Å²) in [6.07, 6.45) is 0. The van der Waals surface area contributed by atoms with Gasteiger partial charge in [0, 0.05) is 51.0 Å². The highest BCUT2D eigenvalue weighted by Crippen LogP contribution is 2.47. The molecule has 0 unspecified atom stereocenters. The highest BCUT2D eigenvalue weighted by Gasteiger charge is 2.35. The van der Waals surface area contributed by atoms with E-state index in [-0.39, 0.29) is 35.1 Å². The Hall–Kier alpha value is -4.08. The fourth-order valence-electron chi connectivity index (χ4n) is 4.61. The predicted octanol–water partition coefficient (Wildman–Crippen LogP) is 7.12. The van der Waals surface area contributed by atoms with Crippen LogP contribution in [0.1, 0.15) is 47.2 Å². The van der Waals surface area contributed by atoms with Crippen molar-refractivity contribution in [1.82, 2.24) is 14.7 Å². The van der Waals surface area contributed by atoms with Gasteiger partial charge in [-0.05, 0) is 63.2 Å². The van der Waals surface area contributed by atoms with Gasteiger partial charge in [0.05, 0.1) is 24.1 Å². The van der Waals surface area contributed by atoms with Crippen molar-refractivity contribution in [1.29, 1.82) is 0 Å². The largest absolute Gasteiger partial charge is 0.496 e. The minimum atomic E-state index is -1.20. The van der Waals surface area contributed by atoms with Crippen LogP contribution in [0.5, 0.6) is 11.5 Å². The summed E-state index contributed by atoms with van der Waals surface area (Å²) in [5.74, 6) is -1.47. The second kappa shape index (κ2) is 10.4. The molecule has 41 heavy (non-hydrogen) atoms. The summed E-state index contributed by atoms with van der Waals surface area (Å²) in [6.45, 7) is 5.76. The van der Waals surface area contributed by atoms with Crippen molar-refractivity contribution in [3.8, 4) is 39.6 Å². The van der Waals surface area contributed by atoms with Gasteiger partial charge < -0.3 is 19.5 Å². The molecule has 0 saturated carbocycles. The zero-order chi connectivity index (χ0) is 29.8. The number of carbonyl (C=O) groups excluding carboxylic acids is 1. The van der Waals surface area contributed by atoms with Crippen LogP contribution >= 0.6 is 23.2 Å². The van der Waals surface area contributed by atoms with E-state index in [1.54, 1.807) is 47.0 Å². The number of hydrogen-bond donors (Lipinski definition) is 1. The van der Waals surface area contributed by atoms with Crippen LogP contribution in [-0.4, -0.2) is 51.4 Å². The van der Waals surface area contributed by atoms with Crippen molar-refractivity contribution in [3.05, 3.63) is 81.2 Å². The number of nitrogens with zero attached hydrogens (tertiary/aromatic N) is 3. The molecule has 5 rings (SSSR count). The van der Waals surface area contributed by atoms with Crippen molar-refractivity contribution < 1.29 is 28.6 Å². The van der Waals surface area contributed by atoms with Crippen LogP contribution in [0.3, 0.4) is 0 Å². The third kappa shape index (κ3) is 5.11. The van der Waals surface area contributed by atoms with Crippen LogP contribution in [0.25, 0.3) is 28.1 Å². The Balaban J connectivity index is 1.81. The maximum atomic E-state index is 15.1. The quantitative estimate of drug-likeness (QED) is 0.263. The number of ether oxygens (including phenoxy) is 2. The minimum absolute atomic E-state index is 0.0253. The highest BCUT2D eigenvalue weighted by molar-refractivity contribution is 6.34. The molecule has 0 fully saturated rings. The molecule has 4 aromatic rings. The van der Waals surface area contributed by atoms with Gasteiger partial charge >= 0.3 is 5.97 Å². The minimum Gasteiger partial charge on any atom is -0.496 e. The van der Waals surface area contributed by atoms with E-state index in [0.717, 1.165) is 6.07 Å². The Morgan fingerprint density at radius 1 is 1.05 bits per heavy atom. The zero-order valence-electron chi connectivity index (χ0n) is 22.9. The number of halogens is 3. The fourth-order valence-corrected chi connectivity index (χ4v) is 5.12. The van der Waals surface area contributed by atoms with Crippen molar-refractivity contribution in [3.63, 3.8) is 0 Å². The smallest absolute Gasteiger partial charge is 0.335 e. The first-order valence-corrected chi connectivity index (χ1v) is 13.3. The lowest BCUT2D eigenvalue weighted by Crippen LogP contribution is -2.43. The van der Waals surface area contributed by atoms with E-state index in [9.17, 15) is 14.7 Å². The van der Waals surface area contributed by atoms with Crippen molar-refractivity contribution in [2.45, 2.75) is 32.9 Å². The lowest BCUT2D eigenvalue weighted by Gasteiger charge is -2.31. The first kappa shape index (κ1) is 28.4. The van der Waals surface area contributed by atoms with E-state index in [2.05, 4.69) is 0 Å². The Morgan fingerprint density at radius 3 is 2.34 bits per heavy atom. The van der Waals surface area contributed by atoms with E-state index >= 15 is 4.39 Å². The number of carboxylic acid groups (broad SMARTS) is 1. The summed E-state index contributed by atoms with van der Waals surface area (Å²) in [5, 5.41) is 15.0. The van der Waals surface area contributed by atoms with Gasteiger partial charge in [-0.1, -0.05) is 23.2 Å². The van der Waals surface area contributed by atoms with Crippen molar-refractivity contribution in [2.24, 2.45) is 0 Å². The molecule has 1 aliphatic heterocycles. The fraction of sp³-hybridized carbons (Fsp3) is 0.233. The third-order valence-corrected chi connectivity index (χ3v) is 7.46. The number of aromatic nitrogens is 2. The van der Waals surface area contributed by atoms with Gasteiger partial charge in [0.15, 0.2) is 5.69 Å². The lowest BCUT2D eigenvalue weighted by molar-refractivity contribution is 0.0644. The second-order valence-electron chi connectivity index (χ2n) is 10.6. The molecule has 0 radical (unpaired) electrons. The zero-order valence-corrected chi connectivity index (χ0v) is 24.4. The molecule has 11 heteroatoms. The molecule has 2 heterocycles. The molecule has 0 spiro atoms. The Kier molecular flexibility index (Phi) is 7.21. The molecule has 8 nitrogen and oxygen atoms in total. The van der Waals surface area contributed by atoms with Crippen LogP contribution < -0.4 is 9.47 Å². The first-order chi connectivity index (χ1) is 19.3. The number of rotatable bonds is 5. The molecular weight excluding hydrogens is 572 g/mol. The molecule has 0 saturated heterocycles. The molecule has 0 bridgehead atoms. The summed E-state index contributed by atoms with van der Waals surface area (Å²) < 4.78 is 28.3. The standard InChI is InChI=1S/C30H26Cl2FN3O5/c1-30(2,3)35(4)28(37)26-22-14-41-25-13-24(40-5)20(19-8-15(29(38)39)6-7-23(19)33)12-21(25)27(22)36(34-26)18-10-16(31)9-17(32)11-18/h6-13H,14H2,1-5H3,(H,38,39). The van der Waals surface area contributed by atoms with Crippen molar-refractivity contribution >= 4 is 35.1 Å². The first-order valence-electron chi connectivity index (χ1n) is 12.5. The molecule has 1 N–H and O–H groups in total. The van der Waals surface area contributed by atoms with E-state index in [0.29, 0.717) is 43.9 Å². The third-order valence-electron chi connectivity index (χ3n) is 7.02. The number of amides is 1. The Bertz CT molecular complexity index is 1710. The van der Waals surface area contributed by atoms with E-state index in [1.807, 2.05) is 20.8 Å². The lowest BCUT2D eigenvalue weighted by atomic mass is 9.94. The number of hydrogen-bond acceptors (Lipinski definition) is 5. The summed E-state index contributed by atoms with van der Waals surface area (Å²) in [5.41, 5.74) is 1.94. The summed E-state index contributed by atoms with van der Waals surface area (Å²) in [4.78, 5) is 26.9. The van der Waals surface area contributed by atoms with Gasteiger partial charge in [-0.25, -0.2) is 13.9 Å². The summed E-state index contributed by atoms with van der Waals surface area (Å²) in [6, 6.07) is 11.7. The number of methoxy groups -OCH3 is 1. The average Bonchev–Trinajstić information content (AvgIpc) is 3.31. The number of benzene rings is 3. The van der Waals surface area contributed by atoms with E-state index in [4.69, 9.17) is 37.8 Å². The molecule has 212 valence electrons. The summed E-state index contributed by atoms with van der Waals surface area (Å²) in [7, 11) is 3.12. The molecular formula is C30H26Cl2FN3O5. The molecule has 1 aromatic heterocycles. The predicted molar refractivity (Wildman–Crippen MR) is 154 cm³/mol. The molecule has 0 atom stereocenters. The monoisotopic (exact) mass is 597 g/mol. The number of carboxylic acids is 1. The van der Waals surface area contributed by atoms with Gasteiger partial charge in [0.2, 0.25) is 0 Å². The van der Waals surface area contributed by atoms with E-state index in [1.165, 1.54) is 19.2 Å². The normalized spacial score (nSPS) is 12.3. The SMILES string of the molecule is COc1cc2c(cc1-c1cc(C(=O)O)ccc1F)-c1c(c(C(=O)N(C)C(C)(C)C)nn1-c1cc(Cl)cc(Cl)c1)CO2. The second-order valence-corrected chi connectivity index (χ2v) is 11.5. The van der Waals surface area contributed by atoms with Gasteiger partial charge in [0.25, 0.3) is 5.91 Å². The highest BCUT2D eigenvalue weighted by atomic mass is 35.5. The van der Waals surface area contributed by atoms with Crippen molar-refractivity contribution in [2.75, 3.05) is 14.2 Å². The van der Waals surface area contributed by atoms with Gasteiger partial charge in [-0.15, -0.1) is 0 Å². The van der Waals surface area contributed by atoms with Gasteiger partial charge in [0.1, 0.15) is 23.9 Å². The Labute approximate surface area is 245 Å². The summed E-state index contributed by atoms with van der Waals surface area (Å²) >= 11 is 12.7. The number of carbonyl (C=O) groups is 2. The van der Waals surface area contributed by atoms with Gasteiger partial charge in [-0.2, -0.15) is 5.10 Å². The van der Waals surface area contributed by atoms with Crippen LogP contribution in [-0.2, 0) is 6.61 Å². The maximum Gasteiger partial charge on any atom is 0.335 e. The Morgan fingerprint density at radius 2 is 1.73 bits per heavy atom. The van der Waals surface area contributed by atoms with Gasteiger partial charge in [-0.3, -0.25) is 4.79 Å². The van der Waals surface area contributed by atoms with Crippen LogP contribution in [0.2, 0.25) is 10.0 Å². The molecule has 0 aliphatic carbocycles. The van der Waals surface area contributed by atoms with Crippen LogP contribution in [0, 0.1) is 5.82 Å². The van der Waals surface area contributed by atoms with Crippen LogP contribution in [0.4, 0.5) is 4.39 Å². The number of fused-ring (bicyclic) bond motifs is 3. The topological polar surface area (TPSA) is 93.9 Å². The number of aromatic carboxylic acids is 1. The molecule has 1 aliphatic rings. The van der Waals surface area contributed by atoms with E-state index < -0.39 is 17.3 Å². The molecule has 1 amide bonds. The molecule has 3 aromatic carbocycles. The van der Waals surface area contributed by atoms with Crippen LogP contribution in [0.15, 0.2) is 48.5 Å². The maximum absolute atomic E-state index is 15.1. The average molecular weight is 598 g/mol.